The van der Waals surface area contributed by atoms with Gasteiger partial charge in [-0.05, 0) is 37.0 Å². The van der Waals surface area contributed by atoms with Crippen molar-refractivity contribution in [1.82, 2.24) is 9.88 Å². The second kappa shape index (κ2) is 6.48. The predicted octanol–water partition coefficient (Wildman–Crippen LogP) is 3.29. The minimum absolute atomic E-state index is 0.124. The number of esters is 1. The van der Waals surface area contributed by atoms with Gasteiger partial charge in [-0.1, -0.05) is 24.3 Å². The molecule has 2 aromatic rings. The number of rotatable bonds is 3. The van der Waals surface area contributed by atoms with E-state index in [-0.39, 0.29) is 17.9 Å². The van der Waals surface area contributed by atoms with E-state index >= 15 is 0 Å². The monoisotopic (exact) mass is 350 g/mol. The maximum atomic E-state index is 12.3. The molecule has 4 rings (SSSR count). The van der Waals surface area contributed by atoms with Crippen molar-refractivity contribution in [2.24, 2.45) is 5.92 Å². The van der Waals surface area contributed by atoms with E-state index in [1.165, 1.54) is 23.8 Å². The first-order valence-electron chi connectivity index (χ1n) is 8.94. The summed E-state index contributed by atoms with van der Waals surface area (Å²) < 4.78 is 4.97. The van der Waals surface area contributed by atoms with Gasteiger partial charge < -0.3 is 14.6 Å². The fourth-order valence-corrected chi connectivity index (χ4v) is 4.34. The number of methoxy groups -OCH3 is 1. The van der Waals surface area contributed by atoms with Gasteiger partial charge in [-0.3, -0.25) is 4.79 Å². The third kappa shape index (κ3) is 2.46. The lowest BCUT2D eigenvalue weighted by Crippen LogP contribution is -2.38. The minimum Gasteiger partial charge on any atom is -0.466 e. The molecule has 1 N–H and O–H groups in total. The van der Waals surface area contributed by atoms with E-state index < -0.39 is 0 Å². The zero-order valence-electron chi connectivity index (χ0n) is 15.0. The molecule has 2 aliphatic rings. The van der Waals surface area contributed by atoms with Crippen molar-refractivity contribution in [2.45, 2.75) is 25.8 Å². The van der Waals surface area contributed by atoms with Gasteiger partial charge in [-0.25, -0.2) is 4.79 Å². The van der Waals surface area contributed by atoms with E-state index in [2.05, 4.69) is 28.1 Å². The first-order valence-corrected chi connectivity index (χ1v) is 8.94. The number of ether oxygens (including phenoxy) is 1. The van der Waals surface area contributed by atoms with Crippen molar-refractivity contribution in [2.75, 3.05) is 13.7 Å². The number of hydrogen-bond acceptors (Lipinski definition) is 4. The molecule has 0 bridgehead atoms. The van der Waals surface area contributed by atoms with Gasteiger partial charge in [0.15, 0.2) is 0 Å². The van der Waals surface area contributed by atoms with Crippen LogP contribution in [0.5, 0.6) is 0 Å². The highest BCUT2D eigenvalue weighted by Gasteiger charge is 2.39. The Kier molecular flexibility index (Phi) is 4.15. The van der Waals surface area contributed by atoms with Crippen LogP contribution < -0.4 is 0 Å². The van der Waals surface area contributed by atoms with Crippen LogP contribution in [-0.2, 0) is 20.7 Å². The number of fused-ring (bicyclic) bond motifs is 5. The Morgan fingerprint density at radius 1 is 1.35 bits per heavy atom. The molecule has 1 aromatic heterocycles. The van der Waals surface area contributed by atoms with Crippen molar-refractivity contribution in [3.05, 3.63) is 58.9 Å². The minimum atomic E-state index is -0.364. The Bertz CT molecular complexity index is 938. The number of hydrogen-bond donors (Lipinski definition) is 1. The molecule has 2 atom stereocenters. The number of H-pyrrole nitrogens is 1. The lowest BCUT2D eigenvalue weighted by atomic mass is 9.80. The second-order valence-corrected chi connectivity index (χ2v) is 6.84. The van der Waals surface area contributed by atoms with E-state index in [0.29, 0.717) is 17.6 Å². The molecule has 134 valence electrons. The average Bonchev–Trinajstić information content (AvgIpc) is 3.07. The number of aromatic nitrogens is 1. The van der Waals surface area contributed by atoms with Crippen molar-refractivity contribution < 1.29 is 14.3 Å². The molecule has 3 heterocycles. The van der Waals surface area contributed by atoms with Gasteiger partial charge >= 0.3 is 5.97 Å². The average molecular weight is 350 g/mol. The Morgan fingerprint density at radius 3 is 2.88 bits per heavy atom. The third-order valence-corrected chi connectivity index (χ3v) is 5.63. The molecular formula is C21H22N2O3. The molecule has 5 nitrogen and oxygen atoms in total. The molecule has 1 aromatic carbocycles. The summed E-state index contributed by atoms with van der Waals surface area (Å²) in [7, 11) is 1.38. The maximum absolute atomic E-state index is 12.3. The molecule has 2 unspecified atom stereocenters. The molecular weight excluding hydrogens is 328 g/mol. The SMILES string of the molecule is C/C=C(\C=O)C1CC2c3[nH]c4ccccc4c3CCN2C=C1C(=O)OC. The topological polar surface area (TPSA) is 62.4 Å². The summed E-state index contributed by atoms with van der Waals surface area (Å²) in [6, 6.07) is 8.47. The number of allylic oxidation sites excluding steroid dienone is 2. The zero-order valence-corrected chi connectivity index (χ0v) is 15.0. The van der Waals surface area contributed by atoms with Crippen LogP contribution in [0.2, 0.25) is 0 Å². The van der Waals surface area contributed by atoms with Crippen LogP contribution in [-0.4, -0.2) is 35.8 Å². The summed E-state index contributed by atoms with van der Waals surface area (Å²) in [6.07, 6.45) is 6.14. The van der Waals surface area contributed by atoms with E-state index in [9.17, 15) is 9.59 Å². The molecule has 2 aliphatic heterocycles. The van der Waals surface area contributed by atoms with Crippen LogP contribution in [0.4, 0.5) is 0 Å². The van der Waals surface area contributed by atoms with Crippen LogP contribution >= 0.6 is 0 Å². The Balaban J connectivity index is 1.82. The summed E-state index contributed by atoms with van der Waals surface area (Å²) in [6.45, 7) is 2.68. The quantitative estimate of drug-likeness (QED) is 0.524. The molecule has 0 spiro atoms. The Hall–Kier alpha value is -2.82. The lowest BCUT2D eigenvalue weighted by Gasteiger charge is -2.41. The molecule has 0 aliphatic carbocycles. The van der Waals surface area contributed by atoms with Gasteiger partial charge in [-0.15, -0.1) is 0 Å². The van der Waals surface area contributed by atoms with E-state index in [1.54, 1.807) is 6.08 Å². The second-order valence-electron chi connectivity index (χ2n) is 6.84. The predicted molar refractivity (Wildman–Crippen MR) is 99.5 cm³/mol. The zero-order chi connectivity index (χ0) is 18.3. The third-order valence-electron chi connectivity index (χ3n) is 5.63. The number of para-hydroxylation sites is 1. The number of carbonyl (C=O) groups excluding carboxylic acids is 2. The van der Waals surface area contributed by atoms with E-state index in [0.717, 1.165) is 24.8 Å². The summed E-state index contributed by atoms with van der Waals surface area (Å²) in [5.41, 5.74) is 4.88. The standard InChI is InChI=1S/C21H22N2O3/c1-3-13(12-24)16-10-19-20-15(14-6-4-5-7-18(14)22-20)8-9-23(19)11-17(16)21(25)26-2/h3-7,11-12,16,19,22H,8-10H2,1-2H3/b13-3+. The van der Waals surface area contributed by atoms with Gasteiger partial charge in [0.2, 0.25) is 0 Å². The first kappa shape index (κ1) is 16.6. The van der Waals surface area contributed by atoms with E-state index in [4.69, 9.17) is 4.74 Å². The highest BCUT2D eigenvalue weighted by Crippen LogP contribution is 2.44. The van der Waals surface area contributed by atoms with Crippen LogP contribution in [0.15, 0.2) is 47.7 Å². The maximum Gasteiger partial charge on any atom is 0.335 e. The van der Waals surface area contributed by atoms with Crippen LogP contribution in [0.25, 0.3) is 10.9 Å². The normalized spacial score (nSPS) is 22.5. The van der Waals surface area contributed by atoms with Crippen LogP contribution in [0.3, 0.4) is 0 Å². The molecule has 0 amide bonds. The smallest absolute Gasteiger partial charge is 0.335 e. The van der Waals surface area contributed by atoms with Crippen molar-refractivity contribution in [1.29, 1.82) is 0 Å². The van der Waals surface area contributed by atoms with Crippen LogP contribution in [0.1, 0.15) is 30.6 Å². The number of nitrogens with one attached hydrogen (secondary N) is 1. The first-order chi connectivity index (χ1) is 12.7. The van der Waals surface area contributed by atoms with Crippen molar-refractivity contribution >= 4 is 23.2 Å². The highest BCUT2D eigenvalue weighted by molar-refractivity contribution is 5.92. The molecule has 0 fully saturated rings. The number of carbonyl (C=O) groups is 2. The summed E-state index contributed by atoms with van der Waals surface area (Å²) >= 11 is 0. The van der Waals surface area contributed by atoms with Crippen molar-refractivity contribution in [3.63, 3.8) is 0 Å². The van der Waals surface area contributed by atoms with E-state index in [1.807, 2.05) is 19.2 Å². The summed E-state index contributed by atoms with van der Waals surface area (Å²) in [5, 5.41) is 1.27. The number of benzene rings is 1. The highest BCUT2D eigenvalue weighted by atomic mass is 16.5. The van der Waals surface area contributed by atoms with Gasteiger partial charge in [0.1, 0.15) is 6.29 Å². The molecule has 0 saturated carbocycles. The van der Waals surface area contributed by atoms with Gasteiger partial charge in [-0.2, -0.15) is 0 Å². The van der Waals surface area contributed by atoms with Gasteiger partial charge in [0.25, 0.3) is 0 Å². The Morgan fingerprint density at radius 2 is 2.15 bits per heavy atom. The molecule has 0 saturated heterocycles. The molecule has 26 heavy (non-hydrogen) atoms. The Labute approximate surface area is 152 Å². The van der Waals surface area contributed by atoms with Gasteiger partial charge in [0.05, 0.1) is 18.7 Å². The molecule has 0 radical (unpaired) electrons. The fourth-order valence-electron chi connectivity index (χ4n) is 4.34. The number of aromatic amines is 1. The summed E-state index contributed by atoms with van der Waals surface area (Å²) in [4.78, 5) is 29.7. The van der Waals surface area contributed by atoms with Gasteiger partial charge in [0, 0.05) is 35.3 Å². The number of aldehydes is 1. The largest absolute Gasteiger partial charge is 0.466 e. The van der Waals surface area contributed by atoms with Crippen LogP contribution in [0, 0.1) is 5.92 Å². The fraction of sp³-hybridized carbons (Fsp3) is 0.333. The number of nitrogens with zero attached hydrogens (tertiary/aromatic N) is 1. The molecule has 5 heteroatoms. The summed E-state index contributed by atoms with van der Waals surface area (Å²) in [5.74, 6) is -0.611. The van der Waals surface area contributed by atoms with Crippen molar-refractivity contribution in [3.8, 4) is 0 Å². The lowest BCUT2D eigenvalue weighted by molar-refractivity contribution is -0.137.